The van der Waals surface area contributed by atoms with Crippen LogP contribution in [0.4, 0.5) is 0 Å². The first-order valence-electron chi connectivity index (χ1n) is 9.19. The number of nitrogens with zero attached hydrogens (tertiary/aromatic N) is 1. The molecular formula is C18H36N2. The first-order valence-corrected chi connectivity index (χ1v) is 9.19. The van der Waals surface area contributed by atoms with Crippen LogP contribution in [0.2, 0.25) is 0 Å². The molecule has 1 aliphatic carbocycles. The fraction of sp³-hybridized carbons (Fsp3) is 1.00. The van der Waals surface area contributed by atoms with E-state index in [1.165, 1.54) is 84.1 Å². The van der Waals surface area contributed by atoms with Crippen molar-refractivity contribution in [3.63, 3.8) is 0 Å². The third-order valence-corrected chi connectivity index (χ3v) is 5.26. The Hall–Kier alpha value is -0.0800. The highest BCUT2D eigenvalue weighted by Crippen LogP contribution is 2.35. The second-order valence-electron chi connectivity index (χ2n) is 7.55. The fourth-order valence-corrected chi connectivity index (χ4v) is 4.03. The van der Waals surface area contributed by atoms with Gasteiger partial charge in [-0.15, -0.1) is 0 Å². The second-order valence-corrected chi connectivity index (χ2v) is 7.55. The Balaban J connectivity index is 1.48. The largest absolute Gasteiger partial charge is 0.316 e. The summed E-state index contributed by atoms with van der Waals surface area (Å²) in [5.74, 6) is 2.91. The van der Waals surface area contributed by atoms with Crippen LogP contribution in [0, 0.1) is 17.8 Å². The van der Waals surface area contributed by atoms with Gasteiger partial charge in [0.25, 0.3) is 0 Å². The standard InChI is InChI=1S/C18H36N2/c1-16(2)14-19-11-6-3-7-12-20-13-10-17-8-4-5-9-18(17)15-20/h16-19H,3-15H2,1-2H3. The van der Waals surface area contributed by atoms with Gasteiger partial charge in [-0.1, -0.05) is 39.5 Å². The number of hydrogen-bond donors (Lipinski definition) is 1. The molecule has 2 nitrogen and oxygen atoms in total. The Morgan fingerprint density at radius 1 is 1.00 bits per heavy atom. The van der Waals surface area contributed by atoms with Crippen LogP contribution in [0.15, 0.2) is 0 Å². The Labute approximate surface area is 126 Å². The fourth-order valence-electron chi connectivity index (χ4n) is 4.03. The van der Waals surface area contributed by atoms with Crippen molar-refractivity contribution < 1.29 is 0 Å². The average Bonchev–Trinajstić information content (AvgIpc) is 2.46. The zero-order chi connectivity index (χ0) is 14.2. The van der Waals surface area contributed by atoms with Crippen LogP contribution in [0.3, 0.4) is 0 Å². The van der Waals surface area contributed by atoms with Gasteiger partial charge in [-0.2, -0.15) is 0 Å². The predicted molar refractivity (Wildman–Crippen MR) is 88.1 cm³/mol. The zero-order valence-corrected chi connectivity index (χ0v) is 13.9. The van der Waals surface area contributed by atoms with E-state index in [1.54, 1.807) is 0 Å². The highest BCUT2D eigenvalue weighted by atomic mass is 15.1. The van der Waals surface area contributed by atoms with E-state index in [9.17, 15) is 0 Å². The molecule has 0 aromatic rings. The van der Waals surface area contributed by atoms with Crippen molar-refractivity contribution in [2.45, 2.75) is 65.2 Å². The summed E-state index contributed by atoms with van der Waals surface area (Å²) in [4.78, 5) is 2.76. The van der Waals surface area contributed by atoms with Gasteiger partial charge in [-0.3, -0.25) is 0 Å². The lowest BCUT2D eigenvalue weighted by molar-refractivity contribution is 0.0857. The summed E-state index contributed by atoms with van der Waals surface area (Å²) < 4.78 is 0. The summed E-state index contributed by atoms with van der Waals surface area (Å²) in [5, 5.41) is 3.55. The zero-order valence-electron chi connectivity index (χ0n) is 13.9. The smallest absolute Gasteiger partial charge is 0.00123 e. The lowest BCUT2D eigenvalue weighted by atomic mass is 9.75. The number of piperidine rings is 1. The Morgan fingerprint density at radius 3 is 2.60 bits per heavy atom. The van der Waals surface area contributed by atoms with E-state index in [0.717, 1.165) is 17.8 Å². The predicted octanol–water partition coefficient (Wildman–Crippen LogP) is 3.91. The van der Waals surface area contributed by atoms with Crippen LogP contribution in [-0.2, 0) is 0 Å². The summed E-state index contributed by atoms with van der Waals surface area (Å²) in [5.41, 5.74) is 0. The van der Waals surface area contributed by atoms with Gasteiger partial charge < -0.3 is 10.2 Å². The summed E-state index contributed by atoms with van der Waals surface area (Å²) in [6.07, 6.45) is 11.7. The lowest BCUT2D eigenvalue weighted by Crippen LogP contribution is -2.42. The van der Waals surface area contributed by atoms with Gasteiger partial charge in [0.15, 0.2) is 0 Å². The van der Waals surface area contributed by atoms with Crippen LogP contribution >= 0.6 is 0 Å². The first kappa shape index (κ1) is 16.3. The van der Waals surface area contributed by atoms with E-state index in [2.05, 4.69) is 24.1 Å². The van der Waals surface area contributed by atoms with Crippen molar-refractivity contribution in [2.75, 3.05) is 32.7 Å². The number of nitrogens with one attached hydrogen (secondary N) is 1. The van der Waals surface area contributed by atoms with E-state index in [4.69, 9.17) is 0 Å². The molecule has 1 aliphatic heterocycles. The van der Waals surface area contributed by atoms with Crippen LogP contribution in [0.25, 0.3) is 0 Å². The molecule has 2 rings (SSSR count). The first-order chi connectivity index (χ1) is 9.75. The molecular weight excluding hydrogens is 244 g/mol. The highest BCUT2D eigenvalue weighted by Gasteiger charge is 2.30. The van der Waals surface area contributed by atoms with E-state index < -0.39 is 0 Å². The second kappa shape index (κ2) is 9.04. The third-order valence-electron chi connectivity index (χ3n) is 5.26. The SMILES string of the molecule is CC(C)CNCCCCCN1CCC2CCCCC2C1. The Morgan fingerprint density at radius 2 is 1.80 bits per heavy atom. The number of rotatable bonds is 8. The molecule has 2 unspecified atom stereocenters. The summed E-state index contributed by atoms with van der Waals surface area (Å²) in [6.45, 7) is 11.1. The molecule has 0 amide bonds. The van der Waals surface area contributed by atoms with Crippen LogP contribution in [0.1, 0.15) is 65.2 Å². The topological polar surface area (TPSA) is 15.3 Å². The minimum atomic E-state index is 0.784. The molecule has 1 saturated heterocycles. The van der Waals surface area contributed by atoms with E-state index in [1.807, 2.05) is 0 Å². The van der Waals surface area contributed by atoms with Gasteiger partial charge in [0, 0.05) is 6.54 Å². The minimum absolute atomic E-state index is 0.784. The van der Waals surface area contributed by atoms with Crippen molar-refractivity contribution in [3.05, 3.63) is 0 Å². The summed E-state index contributed by atoms with van der Waals surface area (Å²) in [6, 6.07) is 0. The van der Waals surface area contributed by atoms with Crippen molar-refractivity contribution in [3.8, 4) is 0 Å². The Kier molecular flexibility index (Phi) is 7.37. The average molecular weight is 280 g/mol. The van der Waals surface area contributed by atoms with Gasteiger partial charge >= 0.3 is 0 Å². The molecule has 1 saturated carbocycles. The van der Waals surface area contributed by atoms with E-state index >= 15 is 0 Å². The maximum Gasteiger partial charge on any atom is 0.00123 e. The molecule has 0 aromatic carbocycles. The van der Waals surface area contributed by atoms with Crippen molar-refractivity contribution >= 4 is 0 Å². The summed E-state index contributed by atoms with van der Waals surface area (Å²) >= 11 is 0. The number of unbranched alkanes of at least 4 members (excludes halogenated alkanes) is 2. The molecule has 2 aliphatic rings. The molecule has 20 heavy (non-hydrogen) atoms. The Bertz CT molecular complexity index is 252. The molecule has 2 fully saturated rings. The molecule has 0 bridgehead atoms. The third kappa shape index (κ3) is 5.73. The number of fused-ring (bicyclic) bond motifs is 1. The van der Waals surface area contributed by atoms with Crippen LogP contribution in [0.5, 0.6) is 0 Å². The lowest BCUT2D eigenvalue weighted by Gasteiger charge is -2.41. The monoisotopic (exact) mass is 280 g/mol. The van der Waals surface area contributed by atoms with Gasteiger partial charge in [-0.25, -0.2) is 0 Å². The number of hydrogen-bond acceptors (Lipinski definition) is 2. The van der Waals surface area contributed by atoms with Crippen molar-refractivity contribution in [2.24, 2.45) is 17.8 Å². The maximum absolute atomic E-state index is 3.55. The van der Waals surface area contributed by atoms with Crippen LogP contribution < -0.4 is 5.32 Å². The maximum atomic E-state index is 3.55. The van der Waals surface area contributed by atoms with Gasteiger partial charge in [0.2, 0.25) is 0 Å². The van der Waals surface area contributed by atoms with E-state index in [0.29, 0.717) is 0 Å². The summed E-state index contributed by atoms with van der Waals surface area (Å²) in [7, 11) is 0. The molecule has 2 atom stereocenters. The quantitative estimate of drug-likeness (QED) is 0.678. The van der Waals surface area contributed by atoms with Gasteiger partial charge in [0.05, 0.1) is 0 Å². The van der Waals surface area contributed by atoms with Crippen molar-refractivity contribution in [1.82, 2.24) is 10.2 Å². The molecule has 0 spiro atoms. The number of likely N-dealkylation sites (tertiary alicyclic amines) is 1. The molecule has 2 heteroatoms. The molecule has 0 radical (unpaired) electrons. The normalized spacial score (nSPS) is 27.8. The molecule has 1 N–H and O–H groups in total. The molecule has 118 valence electrons. The van der Waals surface area contributed by atoms with Crippen molar-refractivity contribution in [1.29, 1.82) is 0 Å². The molecule has 1 heterocycles. The van der Waals surface area contributed by atoms with Gasteiger partial charge in [-0.05, 0) is 69.6 Å². The van der Waals surface area contributed by atoms with E-state index in [-0.39, 0.29) is 0 Å². The minimum Gasteiger partial charge on any atom is -0.316 e. The highest BCUT2D eigenvalue weighted by molar-refractivity contribution is 4.83. The molecule has 0 aromatic heterocycles. The van der Waals surface area contributed by atoms with Crippen LogP contribution in [-0.4, -0.2) is 37.6 Å². The van der Waals surface area contributed by atoms with Gasteiger partial charge in [0.1, 0.15) is 0 Å².